The molecule has 0 saturated carbocycles. The summed E-state index contributed by atoms with van der Waals surface area (Å²) in [6.07, 6.45) is 3.51. The number of halogens is 1. The molecule has 10 heteroatoms. The molecule has 3 rings (SSSR count). The van der Waals surface area contributed by atoms with Gasteiger partial charge in [-0.15, -0.1) is 0 Å². The van der Waals surface area contributed by atoms with Crippen molar-refractivity contribution in [1.29, 1.82) is 0 Å². The molecule has 1 N–H and O–H groups in total. The van der Waals surface area contributed by atoms with Gasteiger partial charge in [-0.3, -0.25) is 4.72 Å². The van der Waals surface area contributed by atoms with Gasteiger partial charge in [-0.1, -0.05) is 25.0 Å². The lowest BCUT2D eigenvalue weighted by molar-refractivity contribution is 0.415. The fraction of sp³-hybridized carbons (Fsp3) is 0.368. The van der Waals surface area contributed by atoms with Gasteiger partial charge in [-0.25, -0.2) is 21.2 Å². The zero-order valence-corrected chi connectivity index (χ0v) is 17.6. The molecule has 1 fully saturated rings. The van der Waals surface area contributed by atoms with Gasteiger partial charge >= 0.3 is 0 Å². The predicted octanol–water partition coefficient (Wildman–Crippen LogP) is 3.20. The summed E-state index contributed by atoms with van der Waals surface area (Å²) in [6.45, 7) is 0.843. The minimum atomic E-state index is -4.28. The lowest BCUT2D eigenvalue weighted by Gasteiger charge is -2.21. The smallest absolute Gasteiger partial charge is 0.264 e. The Morgan fingerprint density at radius 2 is 1.62 bits per heavy atom. The SMILES string of the molecule is COc1ccc(S(=O)(=O)N2CCCCCC2)cc1NS(=O)(=O)c1ccccc1F. The van der Waals surface area contributed by atoms with Crippen molar-refractivity contribution in [2.45, 2.75) is 35.5 Å². The van der Waals surface area contributed by atoms with Crippen LogP contribution in [0.3, 0.4) is 0 Å². The van der Waals surface area contributed by atoms with Gasteiger partial charge < -0.3 is 4.74 Å². The number of sulfonamides is 2. The number of hydrogen-bond acceptors (Lipinski definition) is 5. The Hall–Kier alpha value is -2.17. The summed E-state index contributed by atoms with van der Waals surface area (Å²) in [5, 5.41) is 0. The van der Waals surface area contributed by atoms with E-state index in [0.717, 1.165) is 37.8 Å². The molecular weight excluding hydrogens is 419 g/mol. The van der Waals surface area contributed by atoms with E-state index in [1.807, 2.05) is 0 Å². The van der Waals surface area contributed by atoms with Gasteiger partial charge in [-0.2, -0.15) is 4.31 Å². The number of anilines is 1. The Morgan fingerprint density at radius 1 is 0.966 bits per heavy atom. The average molecular weight is 443 g/mol. The molecule has 1 heterocycles. The number of methoxy groups -OCH3 is 1. The number of nitrogens with zero attached hydrogens (tertiary/aromatic N) is 1. The van der Waals surface area contributed by atoms with E-state index in [4.69, 9.17) is 4.74 Å². The van der Waals surface area contributed by atoms with Gasteiger partial charge in [-0.05, 0) is 43.2 Å². The van der Waals surface area contributed by atoms with Crippen molar-refractivity contribution in [3.8, 4) is 5.75 Å². The van der Waals surface area contributed by atoms with Crippen LogP contribution in [0.1, 0.15) is 25.7 Å². The molecule has 0 unspecified atom stereocenters. The monoisotopic (exact) mass is 442 g/mol. The first-order valence-electron chi connectivity index (χ1n) is 9.21. The zero-order chi connectivity index (χ0) is 21.1. The van der Waals surface area contributed by atoms with E-state index in [0.29, 0.717) is 13.1 Å². The number of nitrogens with one attached hydrogen (secondary N) is 1. The highest BCUT2D eigenvalue weighted by Crippen LogP contribution is 2.31. The quantitative estimate of drug-likeness (QED) is 0.742. The molecule has 7 nitrogen and oxygen atoms in total. The van der Waals surface area contributed by atoms with Crippen LogP contribution in [-0.2, 0) is 20.0 Å². The fourth-order valence-electron chi connectivity index (χ4n) is 3.22. The minimum Gasteiger partial charge on any atom is -0.495 e. The van der Waals surface area contributed by atoms with Gasteiger partial charge in [0.15, 0.2) is 0 Å². The van der Waals surface area contributed by atoms with E-state index in [1.165, 1.54) is 41.7 Å². The first-order valence-corrected chi connectivity index (χ1v) is 12.1. The minimum absolute atomic E-state index is 0.0496. The average Bonchev–Trinajstić information content (AvgIpc) is 2.98. The second-order valence-electron chi connectivity index (χ2n) is 6.72. The maximum absolute atomic E-state index is 14.0. The molecule has 0 amide bonds. The Bertz CT molecular complexity index is 1080. The van der Waals surface area contributed by atoms with Gasteiger partial charge in [0.1, 0.15) is 16.5 Å². The highest BCUT2D eigenvalue weighted by molar-refractivity contribution is 7.92. The Labute approximate surface area is 170 Å². The Balaban J connectivity index is 1.98. The van der Waals surface area contributed by atoms with Crippen LogP contribution in [0.2, 0.25) is 0 Å². The van der Waals surface area contributed by atoms with E-state index < -0.39 is 30.8 Å². The molecule has 1 aliphatic heterocycles. The summed E-state index contributed by atoms with van der Waals surface area (Å²) in [5.41, 5.74) is -0.0772. The number of rotatable bonds is 6. The molecule has 0 aliphatic carbocycles. The maximum atomic E-state index is 14.0. The van der Waals surface area contributed by atoms with E-state index in [1.54, 1.807) is 0 Å². The van der Waals surface area contributed by atoms with Gasteiger partial charge in [0.2, 0.25) is 10.0 Å². The van der Waals surface area contributed by atoms with Crippen LogP contribution in [0.25, 0.3) is 0 Å². The summed E-state index contributed by atoms with van der Waals surface area (Å²) >= 11 is 0. The number of ether oxygens (including phenoxy) is 1. The van der Waals surface area contributed by atoms with Crippen molar-refractivity contribution in [3.05, 3.63) is 48.3 Å². The van der Waals surface area contributed by atoms with Crippen molar-refractivity contribution >= 4 is 25.7 Å². The first kappa shape index (κ1) is 21.5. The molecule has 1 aliphatic rings. The van der Waals surface area contributed by atoms with Crippen LogP contribution < -0.4 is 9.46 Å². The van der Waals surface area contributed by atoms with Crippen molar-refractivity contribution < 1.29 is 26.0 Å². The number of hydrogen-bond donors (Lipinski definition) is 1. The van der Waals surface area contributed by atoms with E-state index >= 15 is 0 Å². The number of benzene rings is 2. The summed E-state index contributed by atoms with van der Waals surface area (Å²) in [7, 11) is -6.74. The normalized spacial score (nSPS) is 16.2. The second kappa shape index (κ2) is 8.68. The molecule has 0 bridgehead atoms. The van der Waals surface area contributed by atoms with Crippen LogP contribution in [0.5, 0.6) is 5.75 Å². The molecule has 29 heavy (non-hydrogen) atoms. The van der Waals surface area contributed by atoms with Crippen LogP contribution >= 0.6 is 0 Å². The third kappa shape index (κ3) is 4.71. The second-order valence-corrected chi connectivity index (χ2v) is 10.3. The standard InChI is InChI=1S/C19H23FN2O5S2/c1-27-18-11-10-15(29(25,26)22-12-6-2-3-7-13-22)14-17(18)21-28(23,24)19-9-5-4-8-16(19)20/h4-5,8-11,14,21H,2-3,6-7,12-13H2,1H3. The summed E-state index contributed by atoms with van der Waals surface area (Å²) in [6, 6.07) is 8.90. The third-order valence-electron chi connectivity index (χ3n) is 4.74. The van der Waals surface area contributed by atoms with Crippen LogP contribution in [0.15, 0.2) is 52.3 Å². The Kier molecular flexibility index (Phi) is 6.45. The summed E-state index contributed by atoms with van der Waals surface area (Å²) in [5.74, 6) is -0.785. The Morgan fingerprint density at radius 3 is 2.24 bits per heavy atom. The van der Waals surface area contributed by atoms with E-state index in [-0.39, 0.29) is 16.3 Å². The predicted molar refractivity (Wildman–Crippen MR) is 107 cm³/mol. The molecule has 0 aromatic heterocycles. The van der Waals surface area contributed by atoms with Gasteiger partial charge in [0.05, 0.1) is 17.7 Å². The van der Waals surface area contributed by atoms with Crippen molar-refractivity contribution in [1.82, 2.24) is 4.31 Å². The third-order valence-corrected chi connectivity index (χ3v) is 8.04. The zero-order valence-electron chi connectivity index (χ0n) is 16.0. The molecule has 0 radical (unpaired) electrons. The van der Waals surface area contributed by atoms with Crippen LogP contribution in [0.4, 0.5) is 10.1 Å². The van der Waals surface area contributed by atoms with Gasteiger partial charge in [0, 0.05) is 13.1 Å². The first-order chi connectivity index (χ1) is 13.8. The van der Waals surface area contributed by atoms with Crippen molar-refractivity contribution in [2.75, 3.05) is 24.9 Å². The largest absolute Gasteiger partial charge is 0.495 e. The summed E-state index contributed by atoms with van der Waals surface area (Å²) in [4.78, 5) is -0.589. The van der Waals surface area contributed by atoms with Crippen LogP contribution in [0, 0.1) is 5.82 Å². The highest BCUT2D eigenvalue weighted by Gasteiger charge is 2.27. The molecule has 2 aromatic carbocycles. The van der Waals surface area contributed by atoms with E-state index in [9.17, 15) is 21.2 Å². The molecule has 2 aromatic rings. The highest BCUT2D eigenvalue weighted by atomic mass is 32.2. The molecule has 0 atom stereocenters. The van der Waals surface area contributed by atoms with Crippen LogP contribution in [-0.4, -0.2) is 41.3 Å². The fourth-order valence-corrected chi connectivity index (χ4v) is 5.91. The molecular formula is C19H23FN2O5S2. The van der Waals surface area contributed by atoms with Gasteiger partial charge in [0.25, 0.3) is 10.0 Å². The topological polar surface area (TPSA) is 92.8 Å². The lowest BCUT2D eigenvalue weighted by Crippen LogP contribution is -2.32. The van der Waals surface area contributed by atoms with E-state index in [2.05, 4.69) is 4.72 Å². The molecule has 0 spiro atoms. The lowest BCUT2D eigenvalue weighted by atomic mass is 10.2. The van der Waals surface area contributed by atoms with Crippen molar-refractivity contribution in [2.24, 2.45) is 0 Å². The van der Waals surface area contributed by atoms with Crippen molar-refractivity contribution in [3.63, 3.8) is 0 Å². The molecule has 158 valence electrons. The molecule has 1 saturated heterocycles. The maximum Gasteiger partial charge on any atom is 0.264 e. The summed E-state index contributed by atoms with van der Waals surface area (Å²) < 4.78 is 74.1.